The van der Waals surface area contributed by atoms with Gasteiger partial charge in [-0.05, 0) is 111 Å². The van der Waals surface area contributed by atoms with Crippen molar-refractivity contribution in [1.29, 1.82) is 0 Å². The summed E-state index contributed by atoms with van der Waals surface area (Å²) in [4.78, 5) is 14.6. The predicted molar refractivity (Wildman–Crippen MR) is 179 cm³/mol. The van der Waals surface area contributed by atoms with Gasteiger partial charge in [-0.1, -0.05) is 34.6 Å². The van der Waals surface area contributed by atoms with Crippen molar-refractivity contribution in [2.45, 2.75) is 155 Å². The second kappa shape index (κ2) is 11.1. The smallest absolute Gasteiger partial charge is 0.303 e. The topological polar surface area (TPSA) is 107 Å². The number of aliphatic hydroxyl groups excluding tert-OH is 1. The van der Waals surface area contributed by atoms with Crippen molar-refractivity contribution in [3.05, 3.63) is 0 Å². The van der Waals surface area contributed by atoms with Gasteiger partial charge in [0.1, 0.15) is 0 Å². The summed E-state index contributed by atoms with van der Waals surface area (Å²) in [5, 5.41) is 23.6. The number of carbonyl (C=O) groups excluding carboxylic acids is 1. The average molecular weight is 674 g/mol. The van der Waals surface area contributed by atoms with Crippen LogP contribution in [0.15, 0.2) is 0 Å². The molecule has 0 aromatic carbocycles. The Balaban J connectivity index is 1.03. The highest BCUT2D eigenvalue weighted by atomic mass is 16.7. The van der Waals surface area contributed by atoms with Gasteiger partial charge < -0.3 is 33.9 Å². The van der Waals surface area contributed by atoms with Crippen LogP contribution in [-0.2, 0) is 28.5 Å². The first kappa shape index (κ1) is 34.3. The summed E-state index contributed by atoms with van der Waals surface area (Å²) >= 11 is 0. The number of hydrogen-bond acceptors (Lipinski definition) is 9. The summed E-state index contributed by atoms with van der Waals surface area (Å²) in [6.45, 7) is 21.0. The summed E-state index contributed by atoms with van der Waals surface area (Å²) in [7, 11) is 0. The zero-order valence-electron chi connectivity index (χ0n) is 30.8. The van der Waals surface area contributed by atoms with Gasteiger partial charge in [-0.25, -0.2) is 0 Å². The first-order valence-electron chi connectivity index (χ1n) is 19.3. The lowest BCUT2D eigenvalue weighted by Gasteiger charge is -2.64. The standard InChI is InChI=1S/C39H63NO8/c1-22-17-25(33(35(5,6)43)46-23(2)41)47-31-30(22)36(7)13-14-39-21-38(39)12-11-28(48-29-18-40(15-16-45-29)24-19-44-20-24)34(3,4)26(38)9-10-27(39)37(36,8)32(31)42/h22,24-33,42-43H,9-21H2,1-8H3/t22-,25-,26+,27+,28+,29+,30+,31+,32-,33+,36-,37-,38?,39+/m1/s1. The molecule has 0 amide bonds. The number of rotatable bonds is 6. The number of morpholine rings is 1. The van der Waals surface area contributed by atoms with E-state index in [1.54, 1.807) is 13.8 Å². The van der Waals surface area contributed by atoms with Gasteiger partial charge in [-0.15, -0.1) is 0 Å². The number of ether oxygens (including phenoxy) is 5. The van der Waals surface area contributed by atoms with Crippen LogP contribution in [0.4, 0.5) is 0 Å². The molecular formula is C39H63NO8. The molecule has 14 atom stereocenters. The van der Waals surface area contributed by atoms with Crippen LogP contribution in [0, 0.1) is 50.7 Å². The van der Waals surface area contributed by atoms with E-state index in [9.17, 15) is 15.0 Å². The fourth-order valence-corrected chi connectivity index (χ4v) is 14.3. The van der Waals surface area contributed by atoms with Crippen molar-refractivity contribution >= 4 is 5.97 Å². The highest BCUT2D eigenvalue weighted by Gasteiger charge is 2.84. The Morgan fingerprint density at radius 1 is 1.02 bits per heavy atom. The molecule has 8 fully saturated rings. The maximum atomic E-state index is 12.6. The first-order chi connectivity index (χ1) is 22.5. The molecule has 3 aliphatic heterocycles. The molecule has 8 aliphatic rings. The molecule has 272 valence electrons. The minimum Gasteiger partial charge on any atom is -0.457 e. The maximum Gasteiger partial charge on any atom is 0.303 e. The SMILES string of the molecule is CC(=O)O[C@@H]([C@H]1C[C@@H](C)[C@H]2[C@H](O1)[C@@H](O)[C@@]1(C)[C@@H]3CC[C@H]4C(C)(C)[C@@H](O[C@H]5CN(C6COC6)CCO5)CCC45C[C@@]35CC[C@]21C)C(C)(C)O. The van der Waals surface area contributed by atoms with E-state index in [0.29, 0.717) is 29.7 Å². The number of esters is 1. The van der Waals surface area contributed by atoms with Crippen LogP contribution >= 0.6 is 0 Å². The maximum absolute atomic E-state index is 12.6. The molecule has 8 rings (SSSR count). The molecule has 0 bridgehead atoms. The van der Waals surface area contributed by atoms with Gasteiger partial charge in [0.2, 0.25) is 0 Å². The Morgan fingerprint density at radius 2 is 1.73 bits per heavy atom. The molecule has 9 heteroatoms. The van der Waals surface area contributed by atoms with Crippen molar-refractivity contribution in [3.8, 4) is 0 Å². The third-order valence-corrected chi connectivity index (χ3v) is 16.6. The summed E-state index contributed by atoms with van der Waals surface area (Å²) in [6.07, 6.45) is 6.76. The van der Waals surface area contributed by atoms with E-state index in [2.05, 4.69) is 39.5 Å². The van der Waals surface area contributed by atoms with Gasteiger partial charge in [0.05, 0.1) is 62.4 Å². The second-order valence-electron chi connectivity index (χ2n) is 19.3. The van der Waals surface area contributed by atoms with Crippen LogP contribution in [0.1, 0.15) is 107 Å². The van der Waals surface area contributed by atoms with E-state index < -0.39 is 29.9 Å². The minimum absolute atomic E-state index is 0.0504. The molecule has 5 aliphatic carbocycles. The normalized spacial score (nSPS) is 52.1. The van der Waals surface area contributed by atoms with Crippen molar-refractivity contribution < 1.29 is 38.7 Å². The molecule has 0 aromatic rings. The molecule has 3 saturated heterocycles. The van der Waals surface area contributed by atoms with E-state index in [1.165, 1.54) is 32.6 Å². The summed E-state index contributed by atoms with van der Waals surface area (Å²) in [6, 6.07) is 0.508. The fraction of sp³-hybridized carbons (Fsp3) is 0.974. The van der Waals surface area contributed by atoms with Crippen molar-refractivity contribution in [2.75, 3.05) is 32.9 Å². The first-order valence-corrected chi connectivity index (χ1v) is 19.3. The van der Waals surface area contributed by atoms with Crippen LogP contribution in [-0.4, -0.2) is 102 Å². The van der Waals surface area contributed by atoms with E-state index in [1.807, 2.05) is 0 Å². The number of carbonyl (C=O) groups is 1. The zero-order chi connectivity index (χ0) is 34.2. The molecule has 2 N–H and O–H groups in total. The van der Waals surface area contributed by atoms with E-state index >= 15 is 0 Å². The van der Waals surface area contributed by atoms with Crippen LogP contribution in [0.25, 0.3) is 0 Å². The van der Waals surface area contributed by atoms with E-state index in [0.717, 1.165) is 52.2 Å². The monoisotopic (exact) mass is 673 g/mol. The third kappa shape index (κ3) is 4.55. The number of aliphatic hydroxyl groups is 2. The number of nitrogens with zero attached hydrogens (tertiary/aromatic N) is 1. The molecule has 0 radical (unpaired) electrons. The van der Waals surface area contributed by atoms with Crippen molar-refractivity contribution in [3.63, 3.8) is 0 Å². The predicted octanol–water partition coefficient (Wildman–Crippen LogP) is 4.94. The highest BCUT2D eigenvalue weighted by molar-refractivity contribution is 5.66. The number of fused-ring (bicyclic) bond motifs is 4. The molecule has 5 saturated carbocycles. The van der Waals surface area contributed by atoms with Crippen LogP contribution in [0.5, 0.6) is 0 Å². The molecule has 2 spiro atoms. The third-order valence-electron chi connectivity index (χ3n) is 16.6. The average Bonchev–Trinajstić information content (AvgIpc) is 3.61. The highest BCUT2D eigenvalue weighted by Crippen LogP contribution is 2.89. The van der Waals surface area contributed by atoms with Gasteiger partial charge >= 0.3 is 5.97 Å². The van der Waals surface area contributed by atoms with Gasteiger partial charge in [0, 0.05) is 18.9 Å². The Bertz CT molecular complexity index is 1280. The van der Waals surface area contributed by atoms with Crippen molar-refractivity contribution in [2.24, 2.45) is 50.7 Å². The van der Waals surface area contributed by atoms with Gasteiger partial charge in [-0.2, -0.15) is 0 Å². The molecule has 48 heavy (non-hydrogen) atoms. The summed E-state index contributed by atoms with van der Waals surface area (Å²) < 4.78 is 31.1. The molecule has 9 nitrogen and oxygen atoms in total. The van der Waals surface area contributed by atoms with Gasteiger partial charge in [0.15, 0.2) is 12.4 Å². The summed E-state index contributed by atoms with van der Waals surface area (Å²) in [5.41, 5.74) is -0.943. The Hall–Kier alpha value is -0.810. The Morgan fingerprint density at radius 3 is 2.40 bits per heavy atom. The van der Waals surface area contributed by atoms with Gasteiger partial charge in [0.25, 0.3) is 0 Å². The van der Waals surface area contributed by atoms with Crippen LogP contribution < -0.4 is 0 Å². The van der Waals surface area contributed by atoms with E-state index in [4.69, 9.17) is 23.7 Å². The Labute approximate surface area is 288 Å². The zero-order valence-corrected chi connectivity index (χ0v) is 30.8. The summed E-state index contributed by atoms with van der Waals surface area (Å²) in [5.74, 6) is 1.12. The minimum atomic E-state index is -1.25. The quantitative estimate of drug-likeness (QED) is 0.379. The molecular weight excluding hydrogens is 610 g/mol. The lowest BCUT2D eigenvalue weighted by Crippen LogP contribution is -2.60. The second-order valence-corrected chi connectivity index (χ2v) is 19.3. The van der Waals surface area contributed by atoms with Crippen LogP contribution in [0.2, 0.25) is 0 Å². The fourth-order valence-electron chi connectivity index (χ4n) is 14.3. The molecule has 0 aromatic heterocycles. The van der Waals surface area contributed by atoms with Gasteiger partial charge in [-0.3, -0.25) is 9.69 Å². The van der Waals surface area contributed by atoms with Crippen LogP contribution in [0.3, 0.4) is 0 Å². The molecule has 3 heterocycles. The van der Waals surface area contributed by atoms with E-state index in [-0.39, 0.29) is 52.0 Å². The Kier molecular flexibility index (Phi) is 7.93. The van der Waals surface area contributed by atoms with Crippen molar-refractivity contribution in [1.82, 2.24) is 4.90 Å². The lowest BCUT2D eigenvalue weighted by molar-refractivity contribution is -0.256. The largest absolute Gasteiger partial charge is 0.457 e. The lowest BCUT2D eigenvalue weighted by atomic mass is 9.41. The molecule has 1 unspecified atom stereocenters. The number of hydrogen-bond donors (Lipinski definition) is 2.